The number of rotatable bonds is 5. The highest BCUT2D eigenvalue weighted by Gasteiger charge is 2.23. The van der Waals surface area contributed by atoms with Crippen molar-refractivity contribution >= 4 is 34.4 Å². The Bertz CT molecular complexity index is 1290. The lowest BCUT2D eigenvalue weighted by atomic mass is 10.0. The van der Waals surface area contributed by atoms with Gasteiger partial charge in [0.2, 0.25) is 0 Å². The first-order valence-corrected chi connectivity index (χ1v) is 8.53. The van der Waals surface area contributed by atoms with Crippen LogP contribution in [0.4, 0.5) is 5.69 Å². The third kappa shape index (κ3) is 2.88. The van der Waals surface area contributed by atoms with Gasteiger partial charge in [0.25, 0.3) is 5.78 Å². The second-order valence-electron chi connectivity index (χ2n) is 5.90. The largest absolute Gasteiger partial charge is 0.493 e. The number of benzene rings is 2. The Hall–Kier alpha value is -4.01. The van der Waals surface area contributed by atoms with Crippen molar-refractivity contribution in [3.05, 3.63) is 74.5 Å². The van der Waals surface area contributed by atoms with Crippen molar-refractivity contribution in [3.8, 4) is 5.75 Å². The molecule has 0 atom stereocenters. The molecular weight excluding hydrogens is 362 g/mol. The zero-order valence-electron chi connectivity index (χ0n) is 14.8. The van der Waals surface area contributed by atoms with Crippen LogP contribution in [0, 0.1) is 10.1 Å². The zero-order chi connectivity index (χ0) is 19.7. The fourth-order valence-electron chi connectivity index (χ4n) is 3.04. The molecule has 0 saturated heterocycles. The summed E-state index contributed by atoms with van der Waals surface area (Å²) in [6.07, 6.45) is 4.36. The van der Waals surface area contributed by atoms with Crippen molar-refractivity contribution in [1.29, 1.82) is 0 Å². The summed E-state index contributed by atoms with van der Waals surface area (Å²) in [5.74, 6) is 0.691. The van der Waals surface area contributed by atoms with Crippen LogP contribution in [-0.4, -0.2) is 31.1 Å². The molecule has 1 N–H and O–H groups in total. The van der Waals surface area contributed by atoms with Crippen LogP contribution in [0.3, 0.4) is 0 Å². The maximum atomic E-state index is 12.4. The van der Waals surface area contributed by atoms with Crippen molar-refractivity contribution in [2.24, 2.45) is 0 Å². The average Bonchev–Trinajstić information content (AvgIpc) is 3.16. The fourth-order valence-corrected chi connectivity index (χ4v) is 3.04. The first-order valence-electron chi connectivity index (χ1n) is 8.53. The second-order valence-corrected chi connectivity index (χ2v) is 5.90. The molecule has 0 unspecified atom stereocenters. The van der Waals surface area contributed by atoms with E-state index < -0.39 is 16.2 Å². The quantitative estimate of drug-likeness (QED) is 0.422. The van der Waals surface area contributed by atoms with E-state index >= 15 is 0 Å². The topological polar surface area (TPSA) is 115 Å². The molecule has 4 rings (SSSR count). The lowest BCUT2D eigenvalue weighted by Gasteiger charge is -2.10. The van der Waals surface area contributed by atoms with Gasteiger partial charge in [-0.3, -0.25) is 20.0 Å². The number of nitrogens with one attached hydrogen (secondary N) is 1. The minimum Gasteiger partial charge on any atom is -0.493 e. The summed E-state index contributed by atoms with van der Waals surface area (Å²) >= 11 is 0. The van der Waals surface area contributed by atoms with Gasteiger partial charge in [0.1, 0.15) is 12.1 Å². The predicted octanol–water partition coefficient (Wildman–Crippen LogP) is 3.05. The molecule has 2 heterocycles. The molecule has 2 aromatic heterocycles. The SMILES string of the molecule is CCOc1ccc2ccccc2c1/C=C/c1nc2nc[nH]n2c(=O)c1[N+](=O)[O-]. The maximum Gasteiger partial charge on any atom is 0.361 e. The molecule has 140 valence electrons. The van der Waals surface area contributed by atoms with Gasteiger partial charge in [-0.2, -0.15) is 4.52 Å². The summed E-state index contributed by atoms with van der Waals surface area (Å²) in [6, 6.07) is 11.5. The van der Waals surface area contributed by atoms with Gasteiger partial charge in [-0.15, -0.1) is 0 Å². The van der Waals surface area contributed by atoms with Gasteiger partial charge in [-0.25, -0.2) is 9.97 Å². The van der Waals surface area contributed by atoms with E-state index in [4.69, 9.17) is 4.74 Å². The Morgan fingerprint density at radius 2 is 2.07 bits per heavy atom. The third-order valence-corrected chi connectivity index (χ3v) is 4.26. The zero-order valence-corrected chi connectivity index (χ0v) is 14.8. The number of ether oxygens (including phenoxy) is 1. The maximum absolute atomic E-state index is 12.4. The van der Waals surface area contributed by atoms with E-state index in [2.05, 4.69) is 15.1 Å². The number of fused-ring (bicyclic) bond motifs is 2. The molecule has 0 aliphatic heterocycles. The number of hydrogen-bond donors (Lipinski definition) is 1. The van der Waals surface area contributed by atoms with E-state index in [1.54, 1.807) is 6.08 Å². The normalized spacial score (nSPS) is 11.5. The standard InChI is InChI=1S/C19H15N5O4/c1-2-28-16-10-7-12-5-3-4-6-13(12)14(16)8-9-15-17(24(26)27)18(25)23-19(22-15)20-11-21-23/h3-11H,2H2,1H3,(H,20,21,22)/b9-8+. The highest BCUT2D eigenvalue weighted by molar-refractivity contribution is 5.95. The summed E-state index contributed by atoms with van der Waals surface area (Å²) in [5, 5.41) is 15.9. The molecule has 9 heteroatoms. The summed E-state index contributed by atoms with van der Waals surface area (Å²) in [4.78, 5) is 31.2. The van der Waals surface area contributed by atoms with Gasteiger partial charge < -0.3 is 4.74 Å². The molecule has 28 heavy (non-hydrogen) atoms. The Morgan fingerprint density at radius 3 is 2.86 bits per heavy atom. The number of H-pyrrole nitrogens is 1. The van der Waals surface area contributed by atoms with E-state index in [1.165, 1.54) is 12.4 Å². The molecule has 0 radical (unpaired) electrons. The second kappa shape index (κ2) is 6.95. The van der Waals surface area contributed by atoms with Crippen molar-refractivity contribution in [3.63, 3.8) is 0 Å². The molecule has 4 aromatic rings. The molecule has 0 aliphatic rings. The Kier molecular flexibility index (Phi) is 4.32. The lowest BCUT2D eigenvalue weighted by molar-refractivity contribution is -0.386. The van der Waals surface area contributed by atoms with Crippen molar-refractivity contribution in [2.45, 2.75) is 6.92 Å². The summed E-state index contributed by atoms with van der Waals surface area (Å²) in [7, 11) is 0. The Morgan fingerprint density at radius 1 is 1.25 bits per heavy atom. The minimum atomic E-state index is -0.824. The number of aromatic nitrogens is 4. The van der Waals surface area contributed by atoms with E-state index in [0.29, 0.717) is 12.4 Å². The molecular formula is C19H15N5O4. The molecule has 2 aromatic carbocycles. The van der Waals surface area contributed by atoms with Crippen LogP contribution in [0.1, 0.15) is 18.2 Å². The van der Waals surface area contributed by atoms with Gasteiger partial charge in [-0.05, 0) is 35.9 Å². The van der Waals surface area contributed by atoms with Gasteiger partial charge >= 0.3 is 11.2 Å². The van der Waals surface area contributed by atoms with Crippen LogP contribution in [0.25, 0.3) is 28.7 Å². The van der Waals surface area contributed by atoms with Crippen molar-refractivity contribution < 1.29 is 9.66 Å². The van der Waals surface area contributed by atoms with E-state index in [9.17, 15) is 14.9 Å². The van der Waals surface area contributed by atoms with Gasteiger partial charge in [0, 0.05) is 5.56 Å². The van der Waals surface area contributed by atoms with E-state index in [1.807, 2.05) is 43.3 Å². The third-order valence-electron chi connectivity index (χ3n) is 4.26. The monoisotopic (exact) mass is 377 g/mol. The molecule has 0 amide bonds. The van der Waals surface area contributed by atoms with Gasteiger partial charge in [-0.1, -0.05) is 30.3 Å². The number of nitro groups is 1. The van der Waals surface area contributed by atoms with Crippen molar-refractivity contribution in [1.82, 2.24) is 19.6 Å². The highest BCUT2D eigenvalue weighted by Crippen LogP contribution is 2.30. The minimum absolute atomic E-state index is 0.0539. The first-order chi connectivity index (χ1) is 13.6. The molecule has 0 aliphatic carbocycles. The molecule has 0 saturated carbocycles. The van der Waals surface area contributed by atoms with Crippen molar-refractivity contribution in [2.75, 3.05) is 6.61 Å². The summed E-state index contributed by atoms with van der Waals surface area (Å²) in [6.45, 7) is 2.35. The van der Waals surface area contributed by atoms with Crippen LogP contribution < -0.4 is 10.3 Å². The molecule has 0 spiro atoms. The van der Waals surface area contributed by atoms with E-state index in [0.717, 1.165) is 20.9 Å². The smallest absolute Gasteiger partial charge is 0.361 e. The van der Waals surface area contributed by atoms with Gasteiger partial charge in [0.15, 0.2) is 5.69 Å². The van der Waals surface area contributed by atoms with Crippen LogP contribution in [0.15, 0.2) is 47.5 Å². The van der Waals surface area contributed by atoms with Crippen LogP contribution >= 0.6 is 0 Å². The lowest BCUT2D eigenvalue weighted by Crippen LogP contribution is -2.20. The van der Waals surface area contributed by atoms with Crippen LogP contribution in [-0.2, 0) is 0 Å². The summed E-state index contributed by atoms with van der Waals surface area (Å²) in [5.41, 5.74) is -0.776. The average molecular weight is 377 g/mol. The first kappa shape index (κ1) is 17.4. The molecule has 0 fully saturated rings. The fraction of sp³-hybridized carbons (Fsp3) is 0.105. The predicted molar refractivity (Wildman–Crippen MR) is 104 cm³/mol. The molecule has 9 nitrogen and oxygen atoms in total. The van der Waals surface area contributed by atoms with Crippen LogP contribution in [0.5, 0.6) is 5.75 Å². The van der Waals surface area contributed by atoms with E-state index in [-0.39, 0.29) is 11.5 Å². The van der Waals surface area contributed by atoms with Crippen LogP contribution in [0.2, 0.25) is 0 Å². The molecule has 0 bridgehead atoms. The Balaban J connectivity index is 1.93. The Labute approximate surface area is 158 Å². The number of hydrogen-bond acceptors (Lipinski definition) is 6. The number of aromatic amines is 1. The van der Waals surface area contributed by atoms with Gasteiger partial charge in [0.05, 0.1) is 11.5 Å². The number of nitrogens with zero attached hydrogens (tertiary/aromatic N) is 4. The summed E-state index contributed by atoms with van der Waals surface area (Å²) < 4.78 is 6.63. The highest BCUT2D eigenvalue weighted by atomic mass is 16.6.